The molecule has 1 saturated carbocycles. The van der Waals surface area contributed by atoms with E-state index in [2.05, 4.69) is 9.97 Å². The number of aromatic nitrogens is 2. The molecule has 1 fully saturated rings. The van der Waals surface area contributed by atoms with Crippen LogP contribution in [0.3, 0.4) is 0 Å². The molecular weight excluding hydrogens is 190 g/mol. The molecule has 1 aromatic rings. The molecule has 0 saturated heterocycles. The summed E-state index contributed by atoms with van der Waals surface area (Å²) in [6, 6.07) is 1.72. The minimum Gasteiger partial charge on any atom is -0.369 e. The molecular formula is C8H10ClN3O. The molecule has 0 unspecified atom stereocenters. The lowest BCUT2D eigenvalue weighted by Crippen LogP contribution is -2.30. The third-order valence-corrected chi connectivity index (χ3v) is 2.22. The number of hydrogen-bond acceptors (Lipinski definition) is 3. The van der Waals surface area contributed by atoms with Crippen LogP contribution in [0.2, 0.25) is 0 Å². The number of primary amides is 1. The van der Waals surface area contributed by atoms with Crippen LogP contribution in [0.1, 0.15) is 18.7 Å². The topological polar surface area (TPSA) is 68.9 Å². The van der Waals surface area contributed by atoms with Gasteiger partial charge < -0.3 is 5.73 Å². The fourth-order valence-corrected chi connectivity index (χ4v) is 1.25. The molecule has 70 valence electrons. The van der Waals surface area contributed by atoms with E-state index in [0.717, 1.165) is 12.8 Å². The summed E-state index contributed by atoms with van der Waals surface area (Å²) in [7, 11) is 0. The van der Waals surface area contributed by atoms with E-state index in [9.17, 15) is 4.79 Å². The van der Waals surface area contributed by atoms with Gasteiger partial charge >= 0.3 is 0 Å². The number of nitrogens with two attached hydrogens (primary N) is 1. The van der Waals surface area contributed by atoms with Crippen LogP contribution in [0.25, 0.3) is 0 Å². The van der Waals surface area contributed by atoms with Crippen LogP contribution < -0.4 is 5.73 Å². The lowest BCUT2D eigenvalue weighted by molar-refractivity contribution is -0.120. The first-order valence-electron chi connectivity index (χ1n) is 3.83. The Hall–Kier alpha value is -1.16. The van der Waals surface area contributed by atoms with Gasteiger partial charge in [-0.1, -0.05) is 0 Å². The summed E-state index contributed by atoms with van der Waals surface area (Å²) in [5.41, 5.74) is 4.71. The smallest absolute Gasteiger partial charge is 0.231 e. The molecule has 13 heavy (non-hydrogen) atoms. The second-order valence-electron chi connectivity index (χ2n) is 3.02. The average molecular weight is 200 g/mol. The van der Waals surface area contributed by atoms with E-state index in [1.807, 2.05) is 0 Å². The Morgan fingerprint density at radius 1 is 1.38 bits per heavy atom. The van der Waals surface area contributed by atoms with Crippen LogP contribution in [0, 0.1) is 0 Å². The molecule has 0 aromatic carbocycles. The van der Waals surface area contributed by atoms with Gasteiger partial charge in [-0.15, -0.1) is 12.4 Å². The van der Waals surface area contributed by atoms with Crippen molar-refractivity contribution < 1.29 is 4.79 Å². The van der Waals surface area contributed by atoms with Crippen LogP contribution in [-0.2, 0) is 10.2 Å². The molecule has 5 heteroatoms. The molecule has 1 aliphatic carbocycles. The van der Waals surface area contributed by atoms with E-state index in [4.69, 9.17) is 5.73 Å². The summed E-state index contributed by atoms with van der Waals surface area (Å²) in [6.45, 7) is 0. The molecule has 0 bridgehead atoms. The van der Waals surface area contributed by atoms with E-state index >= 15 is 0 Å². The van der Waals surface area contributed by atoms with Gasteiger partial charge in [-0.3, -0.25) is 4.79 Å². The van der Waals surface area contributed by atoms with E-state index in [1.54, 1.807) is 18.5 Å². The maximum absolute atomic E-state index is 11.0. The third kappa shape index (κ3) is 1.49. The monoisotopic (exact) mass is 199 g/mol. The summed E-state index contributed by atoms with van der Waals surface area (Å²) < 4.78 is 0. The van der Waals surface area contributed by atoms with Gasteiger partial charge in [0.2, 0.25) is 5.91 Å². The standard InChI is InChI=1S/C8H9N3O.ClH/c9-6(12)8(2-3-8)7-10-4-1-5-11-7;/h1,4-5H,2-3H2,(H2,9,12);1H. The van der Waals surface area contributed by atoms with Gasteiger partial charge in [-0.25, -0.2) is 9.97 Å². The van der Waals surface area contributed by atoms with Crippen molar-refractivity contribution in [2.45, 2.75) is 18.3 Å². The molecule has 1 aromatic heterocycles. The lowest BCUT2D eigenvalue weighted by atomic mass is 10.1. The zero-order valence-electron chi connectivity index (χ0n) is 6.93. The largest absolute Gasteiger partial charge is 0.369 e. The van der Waals surface area contributed by atoms with E-state index in [-0.39, 0.29) is 18.3 Å². The van der Waals surface area contributed by atoms with Gasteiger partial charge in [0.05, 0.1) is 0 Å². The lowest BCUT2D eigenvalue weighted by Gasteiger charge is -2.06. The molecule has 2 rings (SSSR count). The van der Waals surface area contributed by atoms with Gasteiger partial charge in [0, 0.05) is 12.4 Å². The summed E-state index contributed by atoms with van der Waals surface area (Å²) in [6.07, 6.45) is 4.83. The second-order valence-corrected chi connectivity index (χ2v) is 3.02. The van der Waals surface area contributed by atoms with E-state index < -0.39 is 5.41 Å². The third-order valence-electron chi connectivity index (χ3n) is 2.22. The Morgan fingerprint density at radius 2 is 1.92 bits per heavy atom. The maximum atomic E-state index is 11.0. The first kappa shape index (κ1) is 9.92. The molecule has 2 N–H and O–H groups in total. The van der Waals surface area contributed by atoms with Crippen LogP contribution in [0.5, 0.6) is 0 Å². The molecule has 0 spiro atoms. The Balaban J connectivity index is 0.000000845. The van der Waals surface area contributed by atoms with Gasteiger partial charge in [-0.2, -0.15) is 0 Å². The Kier molecular flexibility index (Phi) is 2.52. The minimum absolute atomic E-state index is 0. The minimum atomic E-state index is -0.540. The van der Waals surface area contributed by atoms with Gasteiger partial charge in [-0.05, 0) is 18.9 Å². The van der Waals surface area contributed by atoms with Crippen molar-refractivity contribution in [3.63, 3.8) is 0 Å². The first-order valence-corrected chi connectivity index (χ1v) is 3.83. The van der Waals surface area contributed by atoms with E-state index in [0.29, 0.717) is 5.82 Å². The number of rotatable bonds is 2. The zero-order valence-corrected chi connectivity index (χ0v) is 7.75. The van der Waals surface area contributed by atoms with Crippen molar-refractivity contribution in [2.75, 3.05) is 0 Å². The SMILES string of the molecule is Cl.NC(=O)C1(c2ncccn2)CC1. The molecule has 1 aliphatic rings. The van der Waals surface area contributed by atoms with Crippen LogP contribution in [0.4, 0.5) is 0 Å². The summed E-state index contributed by atoms with van der Waals surface area (Å²) in [5, 5.41) is 0. The fraction of sp³-hybridized carbons (Fsp3) is 0.375. The van der Waals surface area contributed by atoms with E-state index in [1.165, 1.54) is 0 Å². The Bertz CT molecular complexity index is 310. The molecule has 1 amide bonds. The normalized spacial score (nSPS) is 17.2. The predicted octanol–water partition coefficient (Wildman–Crippen LogP) is 0.415. The number of carbonyl (C=O) groups excluding carboxylic acids is 1. The van der Waals surface area contributed by atoms with Crippen LogP contribution in [0.15, 0.2) is 18.5 Å². The van der Waals surface area contributed by atoms with Crippen molar-refractivity contribution >= 4 is 18.3 Å². The van der Waals surface area contributed by atoms with Gasteiger partial charge in [0.15, 0.2) is 0 Å². The number of hydrogen-bond donors (Lipinski definition) is 1. The number of carbonyl (C=O) groups is 1. The van der Waals surface area contributed by atoms with Crippen molar-refractivity contribution in [3.05, 3.63) is 24.3 Å². The average Bonchev–Trinajstić information content (AvgIpc) is 2.86. The zero-order chi connectivity index (χ0) is 8.60. The molecule has 0 atom stereocenters. The highest BCUT2D eigenvalue weighted by atomic mass is 35.5. The first-order chi connectivity index (χ1) is 5.76. The quantitative estimate of drug-likeness (QED) is 0.751. The highest BCUT2D eigenvalue weighted by Gasteiger charge is 2.52. The maximum Gasteiger partial charge on any atom is 0.231 e. The summed E-state index contributed by atoms with van der Waals surface area (Å²) in [4.78, 5) is 19.1. The van der Waals surface area contributed by atoms with Crippen molar-refractivity contribution in [2.24, 2.45) is 5.73 Å². The highest BCUT2D eigenvalue weighted by Crippen LogP contribution is 2.45. The summed E-state index contributed by atoms with van der Waals surface area (Å²) in [5.74, 6) is 0.256. The van der Waals surface area contributed by atoms with Gasteiger partial charge in [0.1, 0.15) is 11.2 Å². The van der Waals surface area contributed by atoms with Crippen molar-refractivity contribution in [1.82, 2.24) is 9.97 Å². The Labute approximate surface area is 82.0 Å². The number of amides is 1. The predicted molar refractivity (Wildman–Crippen MR) is 49.4 cm³/mol. The van der Waals surface area contributed by atoms with Gasteiger partial charge in [0.25, 0.3) is 0 Å². The van der Waals surface area contributed by atoms with Crippen molar-refractivity contribution in [3.8, 4) is 0 Å². The Morgan fingerprint density at radius 3 is 2.31 bits per heavy atom. The fourth-order valence-electron chi connectivity index (χ4n) is 1.25. The summed E-state index contributed by atoms with van der Waals surface area (Å²) >= 11 is 0. The van der Waals surface area contributed by atoms with Crippen LogP contribution >= 0.6 is 12.4 Å². The number of halogens is 1. The van der Waals surface area contributed by atoms with Crippen molar-refractivity contribution in [1.29, 1.82) is 0 Å². The molecule has 0 aliphatic heterocycles. The highest BCUT2D eigenvalue weighted by molar-refractivity contribution is 5.88. The molecule has 1 heterocycles. The molecule has 4 nitrogen and oxygen atoms in total. The molecule has 0 radical (unpaired) electrons. The van der Waals surface area contributed by atoms with Crippen LogP contribution in [-0.4, -0.2) is 15.9 Å². The second kappa shape index (κ2) is 3.30. The number of nitrogens with zero attached hydrogens (tertiary/aromatic N) is 2.